The average Bonchev–Trinajstić information content (AvgIpc) is 2.95. The van der Waals surface area contributed by atoms with Crippen molar-refractivity contribution in [3.05, 3.63) is 72.0 Å². The molecule has 0 bridgehead atoms. The molecule has 44 heavy (non-hydrogen) atoms. The normalized spacial score (nSPS) is 16.6. The molecule has 0 aliphatic carbocycles. The smallest absolute Gasteiger partial charge is 0.416 e. The zero-order valence-corrected chi connectivity index (χ0v) is 24.3. The fraction of sp³-hybridized carbons (Fsp3) is 0.345. The lowest BCUT2D eigenvalue weighted by atomic mass is 9.84. The Labute approximate surface area is 249 Å². The zero-order chi connectivity index (χ0) is 32.4. The molecule has 15 heteroatoms. The highest BCUT2D eigenvalue weighted by atomic mass is 32.2. The number of sulfonamides is 1. The summed E-state index contributed by atoms with van der Waals surface area (Å²) in [4.78, 5) is 11.9. The molecule has 2 atom stereocenters. The summed E-state index contributed by atoms with van der Waals surface area (Å²) >= 11 is 0. The molecule has 0 radical (unpaired) electrons. The van der Waals surface area contributed by atoms with Crippen LogP contribution in [0, 0.1) is 11.2 Å². The summed E-state index contributed by atoms with van der Waals surface area (Å²) in [5.74, 6) is -2.09. The molecule has 0 amide bonds. The number of ether oxygens (including phenoxy) is 4. The Morgan fingerprint density at radius 3 is 2.41 bits per heavy atom. The van der Waals surface area contributed by atoms with Crippen LogP contribution in [0.4, 0.5) is 32.0 Å². The van der Waals surface area contributed by atoms with Gasteiger partial charge in [-0.05, 0) is 60.5 Å². The maximum absolute atomic E-state index is 14.3. The standard InChI is InChI=1S/C29H27F6NO7S/c1-28(16-40-2,26(37)41-3)14-22-15-36(44(38,39)23-6-4-5-19(12-23)29(33,34)35)24-11-17(7-8-25(24)42-22)18-9-20(30)13-21(10-18)43-27(31)32/h4-13,22,27H,14-16H2,1-3H3/t22-,28?/m0/s1. The Morgan fingerprint density at radius 1 is 1.05 bits per heavy atom. The van der Waals surface area contributed by atoms with Crippen LogP contribution in [0.15, 0.2) is 65.6 Å². The van der Waals surface area contributed by atoms with Crippen molar-refractivity contribution in [1.29, 1.82) is 0 Å². The van der Waals surface area contributed by atoms with Crippen molar-refractivity contribution < 1.29 is 58.5 Å². The van der Waals surface area contributed by atoms with Crippen molar-refractivity contribution >= 4 is 21.7 Å². The van der Waals surface area contributed by atoms with Crippen LogP contribution in [0.5, 0.6) is 11.5 Å². The van der Waals surface area contributed by atoms with Crippen LogP contribution in [0.2, 0.25) is 0 Å². The predicted molar refractivity (Wildman–Crippen MR) is 145 cm³/mol. The molecule has 0 aromatic heterocycles. The first kappa shape index (κ1) is 32.9. The third kappa shape index (κ3) is 7.04. The number of anilines is 1. The number of nitrogens with zero attached hydrogens (tertiary/aromatic N) is 1. The lowest BCUT2D eigenvalue weighted by molar-refractivity contribution is -0.156. The van der Waals surface area contributed by atoms with Gasteiger partial charge in [0.2, 0.25) is 0 Å². The summed E-state index contributed by atoms with van der Waals surface area (Å²) in [6.07, 6.45) is -5.95. The number of alkyl halides is 5. The van der Waals surface area contributed by atoms with Gasteiger partial charge in [-0.25, -0.2) is 12.8 Å². The van der Waals surface area contributed by atoms with Crippen molar-refractivity contribution in [2.45, 2.75) is 37.1 Å². The van der Waals surface area contributed by atoms with Crippen LogP contribution in [-0.2, 0) is 30.5 Å². The highest BCUT2D eigenvalue weighted by molar-refractivity contribution is 7.92. The minimum Gasteiger partial charge on any atom is -0.486 e. The molecule has 0 spiro atoms. The molecule has 0 saturated heterocycles. The number of fused-ring (bicyclic) bond motifs is 1. The number of methoxy groups -OCH3 is 2. The molecule has 0 fully saturated rings. The summed E-state index contributed by atoms with van der Waals surface area (Å²) in [6.45, 7) is -2.28. The van der Waals surface area contributed by atoms with Gasteiger partial charge in [0.15, 0.2) is 0 Å². The van der Waals surface area contributed by atoms with Gasteiger partial charge in [0.1, 0.15) is 23.4 Å². The van der Waals surface area contributed by atoms with Gasteiger partial charge in [0, 0.05) is 19.6 Å². The van der Waals surface area contributed by atoms with E-state index < -0.39 is 68.9 Å². The SMILES string of the molecule is COCC(C)(C[C@H]1CN(S(=O)(=O)c2cccc(C(F)(F)F)c2)c2cc(-c3cc(F)cc(OC(F)F)c3)ccc2O1)C(=O)OC. The molecule has 1 aliphatic heterocycles. The molecule has 0 N–H and O–H groups in total. The highest BCUT2D eigenvalue weighted by Crippen LogP contribution is 2.43. The van der Waals surface area contributed by atoms with Crippen LogP contribution in [0.25, 0.3) is 11.1 Å². The van der Waals surface area contributed by atoms with E-state index in [-0.39, 0.29) is 35.6 Å². The molecule has 1 unspecified atom stereocenters. The number of carbonyl (C=O) groups excluding carboxylic acids is 1. The Kier molecular flexibility index (Phi) is 9.40. The third-order valence-electron chi connectivity index (χ3n) is 6.89. The first-order valence-corrected chi connectivity index (χ1v) is 14.4. The molecule has 1 heterocycles. The van der Waals surface area contributed by atoms with E-state index in [4.69, 9.17) is 14.2 Å². The van der Waals surface area contributed by atoms with Crippen LogP contribution in [-0.4, -0.2) is 54.5 Å². The lowest BCUT2D eigenvalue weighted by Crippen LogP contribution is -2.47. The van der Waals surface area contributed by atoms with Crippen molar-refractivity contribution in [3.63, 3.8) is 0 Å². The monoisotopic (exact) mass is 647 g/mol. The molecule has 8 nitrogen and oxygen atoms in total. The number of rotatable bonds is 10. The van der Waals surface area contributed by atoms with E-state index >= 15 is 0 Å². The van der Waals surface area contributed by atoms with Crippen molar-refractivity contribution in [3.8, 4) is 22.6 Å². The second-order valence-electron chi connectivity index (χ2n) is 10.2. The molecular weight excluding hydrogens is 620 g/mol. The summed E-state index contributed by atoms with van der Waals surface area (Å²) in [5.41, 5.74) is -2.40. The summed E-state index contributed by atoms with van der Waals surface area (Å²) in [5, 5.41) is 0. The Hall–Kier alpha value is -3.98. The number of esters is 1. The van der Waals surface area contributed by atoms with E-state index in [2.05, 4.69) is 4.74 Å². The average molecular weight is 648 g/mol. The van der Waals surface area contributed by atoms with Crippen LogP contribution < -0.4 is 13.8 Å². The molecule has 4 rings (SSSR count). The van der Waals surface area contributed by atoms with E-state index in [1.165, 1.54) is 39.3 Å². The van der Waals surface area contributed by atoms with E-state index in [1.807, 2.05) is 0 Å². The Morgan fingerprint density at radius 2 is 1.77 bits per heavy atom. The zero-order valence-electron chi connectivity index (χ0n) is 23.5. The first-order chi connectivity index (χ1) is 20.6. The first-order valence-electron chi connectivity index (χ1n) is 12.9. The fourth-order valence-corrected chi connectivity index (χ4v) is 6.50. The van der Waals surface area contributed by atoms with E-state index in [9.17, 15) is 39.6 Å². The molecule has 3 aromatic carbocycles. The highest BCUT2D eigenvalue weighted by Gasteiger charge is 2.43. The van der Waals surface area contributed by atoms with Gasteiger partial charge >= 0.3 is 18.8 Å². The summed E-state index contributed by atoms with van der Waals surface area (Å²) < 4.78 is 129. The van der Waals surface area contributed by atoms with Gasteiger partial charge in [-0.2, -0.15) is 22.0 Å². The molecule has 238 valence electrons. The van der Waals surface area contributed by atoms with Crippen molar-refractivity contribution in [2.75, 3.05) is 31.7 Å². The maximum atomic E-state index is 14.3. The van der Waals surface area contributed by atoms with Crippen molar-refractivity contribution in [2.24, 2.45) is 5.41 Å². The fourth-order valence-electron chi connectivity index (χ4n) is 4.95. The predicted octanol–water partition coefficient (Wildman–Crippen LogP) is 6.29. The number of benzene rings is 3. The third-order valence-corrected chi connectivity index (χ3v) is 8.66. The number of carbonyl (C=O) groups is 1. The second-order valence-corrected chi connectivity index (χ2v) is 12.1. The van der Waals surface area contributed by atoms with Gasteiger partial charge in [0.25, 0.3) is 10.0 Å². The summed E-state index contributed by atoms with van der Waals surface area (Å²) in [6, 6.07) is 10.1. The quantitative estimate of drug-likeness (QED) is 0.189. The van der Waals surface area contributed by atoms with Gasteiger partial charge < -0.3 is 18.9 Å². The lowest BCUT2D eigenvalue weighted by Gasteiger charge is -2.38. The number of halogens is 6. The van der Waals surface area contributed by atoms with E-state index in [0.717, 1.165) is 40.7 Å². The second kappa shape index (κ2) is 12.6. The molecule has 1 aliphatic rings. The number of hydrogen-bond acceptors (Lipinski definition) is 7. The minimum absolute atomic E-state index is 0.0226. The van der Waals surface area contributed by atoms with Crippen LogP contribution in [0.3, 0.4) is 0 Å². The topological polar surface area (TPSA) is 91.4 Å². The Balaban J connectivity index is 1.84. The Bertz CT molecular complexity index is 1630. The molecule has 3 aromatic rings. The van der Waals surface area contributed by atoms with Gasteiger partial charge in [-0.3, -0.25) is 9.10 Å². The van der Waals surface area contributed by atoms with E-state index in [0.29, 0.717) is 6.07 Å². The van der Waals surface area contributed by atoms with Crippen LogP contribution >= 0.6 is 0 Å². The molecule has 0 saturated carbocycles. The van der Waals surface area contributed by atoms with E-state index in [1.54, 1.807) is 0 Å². The van der Waals surface area contributed by atoms with Gasteiger partial charge in [0.05, 0.1) is 41.8 Å². The van der Waals surface area contributed by atoms with Gasteiger partial charge in [-0.1, -0.05) is 12.1 Å². The molecular formula is C29H27F6NO7S. The van der Waals surface area contributed by atoms with Gasteiger partial charge in [-0.15, -0.1) is 0 Å². The minimum atomic E-state index is -4.83. The van der Waals surface area contributed by atoms with Crippen LogP contribution in [0.1, 0.15) is 18.9 Å². The van der Waals surface area contributed by atoms with Crippen molar-refractivity contribution in [1.82, 2.24) is 0 Å². The number of hydrogen-bond donors (Lipinski definition) is 0. The maximum Gasteiger partial charge on any atom is 0.416 e. The summed E-state index contributed by atoms with van der Waals surface area (Å²) in [7, 11) is -2.18. The largest absolute Gasteiger partial charge is 0.486 e.